The molecule has 0 aromatic rings. The van der Waals surface area contributed by atoms with Gasteiger partial charge in [-0.1, -0.05) is 0 Å². The molecule has 0 saturated heterocycles. The minimum Gasteiger partial charge on any atom is -0.476 e. The number of nitrogens with zero attached hydrogens (tertiary/aromatic N) is 1. The number of ether oxygens (including phenoxy) is 1. The lowest BCUT2D eigenvalue weighted by Crippen LogP contribution is -2.06. The molecule has 0 aromatic carbocycles. The van der Waals surface area contributed by atoms with Crippen molar-refractivity contribution in [3.05, 3.63) is 12.0 Å². The van der Waals surface area contributed by atoms with Crippen molar-refractivity contribution in [1.82, 2.24) is 4.90 Å². The van der Waals surface area contributed by atoms with Crippen molar-refractivity contribution >= 4 is 0 Å². The summed E-state index contributed by atoms with van der Waals surface area (Å²) < 4.78 is 5.00. The van der Waals surface area contributed by atoms with Gasteiger partial charge in [0.2, 0.25) is 0 Å². The van der Waals surface area contributed by atoms with Crippen LogP contribution in [0.25, 0.3) is 0 Å². The molecule has 0 spiro atoms. The first-order chi connectivity index (χ1) is 3.29. The van der Waals surface area contributed by atoms with E-state index in [9.17, 15) is 0 Å². The van der Waals surface area contributed by atoms with Gasteiger partial charge in [-0.05, 0) is 6.92 Å². The van der Waals surface area contributed by atoms with Gasteiger partial charge in [0.25, 0.3) is 0 Å². The van der Waals surface area contributed by atoms with E-state index in [1.54, 1.807) is 0 Å². The topological polar surface area (TPSA) is 12.5 Å². The van der Waals surface area contributed by atoms with Crippen LogP contribution in [0.1, 0.15) is 6.92 Å². The first-order valence-corrected chi connectivity index (χ1v) is 2.23. The number of rotatable bonds is 0. The van der Waals surface area contributed by atoms with E-state index in [2.05, 4.69) is 6.20 Å². The summed E-state index contributed by atoms with van der Waals surface area (Å²) >= 11 is 0. The fraction of sp³-hybridized carbons (Fsp3) is 0.600. The summed E-state index contributed by atoms with van der Waals surface area (Å²) in [6, 6.07) is 0. The third-order valence-electron chi connectivity index (χ3n) is 0.823. The van der Waals surface area contributed by atoms with Crippen molar-refractivity contribution in [2.75, 3.05) is 13.8 Å². The standard InChI is InChI=1S/C5H8NO/c1-5-3-6(2)4-7-5/h4H2,1-2H3. The summed E-state index contributed by atoms with van der Waals surface area (Å²) in [5.74, 6) is 0.877. The molecular weight excluding hydrogens is 90.1 g/mol. The Morgan fingerprint density at radius 2 is 2.57 bits per heavy atom. The zero-order chi connectivity index (χ0) is 5.28. The van der Waals surface area contributed by atoms with E-state index in [1.807, 2.05) is 18.9 Å². The summed E-state index contributed by atoms with van der Waals surface area (Å²) in [6.07, 6.45) is 2.94. The minimum absolute atomic E-state index is 0.659. The molecule has 1 aliphatic rings. The van der Waals surface area contributed by atoms with Crippen LogP contribution < -0.4 is 0 Å². The van der Waals surface area contributed by atoms with Crippen LogP contribution in [0.3, 0.4) is 0 Å². The smallest absolute Gasteiger partial charge is 0.161 e. The van der Waals surface area contributed by atoms with Gasteiger partial charge >= 0.3 is 0 Å². The van der Waals surface area contributed by atoms with Crippen molar-refractivity contribution in [2.24, 2.45) is 0 Å². The second kappa shape index (κ2) is 1.45. The lowest BCUT2D eigenvalue weighted by Gasteiger charge is -2.00. The van der Waals surface area contributed by atoms with Gasteiger partial charge in [-0.25, -0.2) is 0 Å². The van der Waals surface area contributed by atoms with E-state index in [1.165, 1.54) is 0 Å². The fourth-order valence-electron chi connectivity index (χ4n) is 0.527. The highest BCUT2D eigenvalue weighted by atomic mass is 16.5. The Morgan fingerprint density at radius 3 is 2.71 bits per heavy atom. The first kappa shape index (κ1) is 4.50. The van der Waals surface area contributed by atoms with Gasteiger partial charge in [-0.15, -0.1) is 0 Å². The van der Waals surface area contributed by atoms with Crippen LogP contribution >= 0.6 is 0 Å². The van der Waals surface area contributed by atoms with Crippen molar-refractivity contribution in [1.29, 1.82) is 0 Å². The van der Waals surface area contributed by atoms with Crippen molar-refractivity contribution in [3.63, 3.8) is 0 Å². The summed E-state index contributed by atoms with van der Waals surface area (Å²) in [6.45, 7) is 2.55. The van der Waals surface area contributed by atoms with Crippen molar-refractivity contribution < 1.29 is 4.74 Å². The molecule has 0 aliphatic carbocycles. The highest BCUT2D eigenvalue weighted by molar-refractivity contribution is 4.83. The van der Waals surface area contributed by atoms with Crippen LogP contribution in [-0.4, -0.2) is 18.7 Å². The van der Waals surface area contributed by atoms with Gasteiger partial charge in [-0.3, -0.25) is 0 Å². The Labute approximate surface area is 43.4 Å². The molecule has 7 heavy (non-hydrogen) atoms. The maximum Gasteiger partial charge on any atom is 0.161 e. The summed E-state index contributed by atoms with van der Waals surface area (Å²) in [7, 11) is 1.93. The zero-order valence-electron chi connectivity index (χ0n) is 4.56. The molecular formula is C5H8NO. The van der Waals surface area contributed by atoms with Gasteiger partial charge in [0.1, 0.15) is 12.0 Å². The zero-order valence-corrected chi connectivity index (χ0v) is 4.56. The van der Waals surface area contributed by atoms with Gasteiger partial charge in [0.05, 0.1) is 0 Å². The van der Waals surface area contributed by atoms with E-state index >= 15 is 0 Å². The molecule has 0 atom stereocenters. The second-order valence-electron chi connectivity index (χ2n) is 1.64. The molecule has 0 amide bonds. The Balaban J connectivity index is 2.50. The fourth-order valence-corrected chi connectivity index (χ4v) is 0.527. The molecule has 0 aromatic heterocycles. The Morgan fingerprint density at radius 1 is 1.86 bits per heavy atom. The predicted molar refractivity (Wildman–Crippen MR) is 26.1 cm³/mol. The number of hydrogen-bond donors (Lipinski definition) is 0. The van der Waals surface area contributed by atoms with Crippen LogP contribution in [0, 0.1) is 6.20 Å². The molecule has 1 aliphatic heterocycles. The molecule has 0 fully saturated rings. The average Bonchev–Trinajstić information content (AvgIpc) is 1.87. The Hall–Kier alpha value is -0.660. The quantitative estimate of drug-likeness (QED) is 0.439. The molecule has 1 rings (SSSR count). The molecule has 0 bridgehead atoms. The average molecular weight is 98.1 g/mol. The van der Waals surface area contributed by atoms with E-state index < -0.39 is 0 Å². The van der Waals surface area contributed by atoms with Gasteiger partial charge < -0.3 is 9.64 Å². The third kappa shape index (κ3) is 0.856. The number of hydrogen-bond acceptors (Lipinski definition) is 2. The SMILES string of the molecule is CC1=[C]N(C)CO1. The lowest BCUT2D eigenvalue weighted by atomic mass is 10.6. The van der Waals surface area contributed by atoms with Crippen LogP contribution in [-0.2, 0) is 4.74 Å². The van der Waals surface area contributed by atoms with Gasteiger partial charge in [0.15, 0.2) is 6.73 Å². The van der Waals surface area contributed by atoms with Crippen molar-refractivity contribution in [2.45, 2.75) is 6.92 Å². The third-order valence-corrected chi connectivity index (χ3v) is 0.823. The highest BCUT2D eigenvalue weighted by Crippen LogP contribution is 2.04. The van der Waals surface area contributed by atoms with E-state index in [0.29, 0.717) is 6.73 Å². The van der Waals surface area contributed by atoms with Crippen molar-refractivity contribution in [3.8, 4) is 0 Å². The molecule has 1 radical (unpaired) electrons. The normalized spacial score (nSPS) is 19.1. The van der Waals surface area contributed by atoms with Crippen LogP contribution in [0.15, 0.2) is 5.76 Å². The molecule has 0 N–H and O–H groups in total. The Bertz CT molecular complexity index is 98.3. The maximum atomic E-state index is 5.00. The van der Waals surface area contributed by atoms with Gasteiger partial charge in [-0.2, -0.15) is 0 Å². The molecule has 39 valence electrons. The summed E-state index contributed by atoms with van der Waals surface area (Å²) in [5, 5.41) is 0. The lowest BCUT2D eigenvalue weighted by molar-refractivity contribution is 0.169. The maximum absolute atomic E-state index is 5.00. The minimum atomic E-state index is 0.659. The van der Waals surface area contributed by atoms with Crippen LogP contribution in [0.4, 0.5) is 0 Å². The second-order valence-corrected chi connectivity index (χ2v) is 1.64. The first-order valence-electron chi connectivity index (χ1n) is 2.23. The van der Waals surface area contributed by atoms with Gasteiger partial charge in [0, 0.05) is 7.05 Å². The van der Waals surface area contributed by atoms with E-state index in [-0.39, 0.29) is 0 Å². The van der Waals surface area contributed by atoms with Crippen LogP contribution in [0.2, 0.25) is 0 Å². The molecule has 2 heteroatoms. The van der Waals surface area contributed by atoms with E-state index in [4.69, 9.17) is 4.74 Å². The monoisotopic (exact) mass is 98.1 g/mol. The van der Waals surface area contributed by atoms with Crippen LogP contribution in [0.5, 0.6) is 0 Å². The summed E-state index contributed by atoms with van der Waals surface area (Å²) in [5.41, 5.74) is 0. The Kier molecular flexibility index (Phi) is 0.929. The highest BCUT2D eigenvalue weighted by Gasteiger charge is 2.02. The molecule has 2 nitrogen and oxygen atoms in total. The number of allylic oxidation sites excluding steroid dienone is 1. The largest absolute Gasteiger partial charge is 0.476 e. The molecule has 0 saturated carbocycles. The molecule has 1 heterocycles. The summed E-state index contributed by atoms with van der Waals surface area (Å²) in [4.78, 5) is 1.87. The van der Waals surface area contributed by atoms with E-state index in [0.717, 1.165) is 5.76 Å². The predicted octanol–water partition coefficient (Wildman–Crippen LogP) is 0.570. The molecule has 0 unspecified atom stereocenters.